The van der Waals surface area contributed by atoms with Gasteiger partial charge in [0.25, 0.3) is 0 Å². The van der Waals surface area contributed by atoms with E-state index in [1.165, 1.54) is 5.56 Å². The first-order valence-corrected chi connectivity index (χ1v) is 11.7. The molecule has 1 saturated heterocycles. The molecule has 3 aliphatic rings. The Morgan fingerprint density at radius 3 is 2.88 bits per heavy atom. The highest BCUT2D eigenvalue weighted by atomic mass is 16.5. The van der Waals surface area contributed by atoms with Crippen molar-refractivity contribution in [3.63, 3.8) is 0 Å². The minimum atomic E-state index is 0.0580. The van der Waals surface area contributed by atoms with E-state index in [1.54, 1.807) is 6.92 Å². The van der Waals surface area contributed by atoms with Gasteiger partial charge in [0.15, 0.2) is 0 Å². The Morgan fingerprint density at radius 1 is 1.27 bits per heavy atom. The van der Waals surface area contributed by atoms with Crippen molar-refractivity contribution < 1.29 is 9.53 Å². The zero-order valence-electron chi connectivity index (χ0n) is 19.4. The van der Waals surface area contributed by atoms with Crippen LogP contribution in [-0.2, 0) is 23.0 Å². The fourth-order valence-electron chi connectivity index (χ4n) is 5.01. The number of fused-ring (bicyclic) bond motifs is 1. The van der Waals surface area contributed by atoms with Gasteiger partial charge >= 0.3 is 0 Å². The first kappa shape index (κ1) is 21.6. The van der Waals surface area contributed by atoms with Crippen LogP contribution in [-0.4, -0.2) is 58.6 Å². The Bertz CT molecular complexity index is 1150. The Hall–Kier alpha value is -3.19. The summed E-state index contributed by atoms with van der Waals surface area (Å²) < 4.78 is 7.36. The van der Waals surface area contributed by atoms with Crippen molar-refractivity contribution >= 4 is 17.2 Å². The summed E-state index contributed by atoms with van der Waals surface area (Å²) in [6, 6.07) is 6.77. The standard InChI is InChI=1S/C26H31N5O2/c1-17(32)31-10-8-25(29-21-9-11-33-16-21)24(15-31)26(27)23-5-3-4-19-12-18(6-7-22(19)23)20-13-28-30(2)14-20/h5-7,12-14,21,27,29H,3-4,8-11,15-16H2,1-2H3/t21-/m0/s1. The Labute approximate surface area is 194 Å². The van der Waals surface area contributed by atoms with E-state index in [-0.39, 0.29) is 11.9 Å². The number of nitrogens with one attached hydrogen (secondary N) is 2. The van der Waals surface area contributed by atoms with E-state index in [1.807, 2.05) is 29.0 Å². The second-order valence-corrected chi connectivity index (χ2v) is 9.16. The van der Waals surface area contributed by atoms with Crippen LogP contribution in [0.25, 0.3) is 16.7 Å². The van der Waals surface area contributed by atoms with Crippen molar-refractivity contribution in [2.24, 2.45) is 7.05 Å². The Balaban J connectivity index is 1.47. The Morgan fingerprint density at radius 2 is 2.15 bits per heavy atom. The molecular formula is C26H31N5O2. The minimum Gasteiger partial charge on any atom is -0.383 e. The van der Waals surface area contributed by atoms with Gasteiger partial charge in [-0.2, -0.15) is 5.10 Å². The quantitative estimate of drug-likeness (QED) is 0.692. The first-order chi connectivity index (χ1) is 16.0. The number of nitrogens with zero attached hydrogens (tertiary/aromatic N) is 3. The number of aromatic nitrogens is 2. The summed E-state index contributed by atoms with van der Waals surface area (Å²) in [5.41, 5.74) is 8.15. The summed E-state index contributed by atoms with van der Waals surface area (Å²) in [5.74, 6) is 0.0580. The molecule has 5 rings (SSSR count). The minimum absolute atomic E-state index is 0.0580. The molecule has 0 saturated carbocycles. The molecule has 7 nitrogen and oxygen atoms in total. The fraction of sp³-hybridized carbons (Fsp3) is 0.423. The number of ether oxygens (including phenoxy) is 1. The molecule has 1 aliphatic carbocycles. The van der Waals surface area contributed by atoms with Crippen LogP contribution in [0.5, 0.6) is 0 Å². The van der Waals surface area contributed by atoms with E-state index in [4.69, 9.17) is 4.74 Å². The highest BCUT2D eigenvalue weighted by Crippen LogP contribution is 2.34. The van der Waals surface area contributed by atoms with Gasteiger partial charge in [-0.05, 0) is 36.0 Å². The average molecular weight is 446 g/mol. The van der Waals surface area contributed by atoms with Crippen LogP contribution in [0.1, 0.15) is 37.3 Å². The molecule has 1 amide bonds. The monoisotopic (exact) mass is 445 g/mol. The summed E-state index contributed by atoms with van der Waals surface area (Å²) in [5, 5.41) is 17.2. The van der Waals surface area contributed by atoms with E-state index < -0.39 is 0 Å². The van der Waals surface area contributed by atoms with Gasteiger partial charge in [0.2, 0.25) is 5.91 Å². The highest BCUT2D eigenvalue weighted by Gasteiger charge is 2.29. The van der Waals surface area contributed by atoms with Crippen LogP contribution in [0.15, 0.2) is 47.9 Å². The molecular weight excluding hydrogens is 414 g/mol. The lowest BCUT2D eigenvalue weighted by atomic mass is 9.83. The van der Waals surface area contributed by atoms with E-state index in [0.29, 0.717) is 25.4 Å². The molecule has 0 radical (unpaired) electrons. The van der Waals surface area contributed by atoms with Crippen molar-refractivity contribution in [2.75, 3.05) is 26.3 Å². The van der Waals surface area contributed by atoms with Gasteiger partial charge < -0.3 is 15.0 Å². The van der Waals surface area contributed by atoms with Crippen LogP contribution in [0, 0.1) is 5.41 Å². The highest BCUT2D eigenvalue weighted by molar-refractivity contribution is 6.31. The molecule has 1 aromatic heterocycles. The second kappa shape index (κ2) is 8.98. The lowest BCUT2D eigenvalue weighted by molar-refractivity contribution is -0.128. The summed E-state index contributed by atoms with van der Waals surface area (Å²) in [7, 11) is 1.93. The summed E-state index contributed by atoms with van der Waals surface area (Å²) in [6.07, 6.45) is 9.68. The van der Waals surface area contributed by atoms with Crippen molar-refractivity contribution in [3.8, 4) is 11.1 Å². The van der Waals surface area contributed by atoms with E-state index in [9.17, 15) is 10.2 Å². The number of hydrogen-bond acceptors (Lipinski definition) is 5. The predicted molar refractivity (Wildman–Crippen MR) is 129 cm³/mol. The molecule has 1 atom stereocenters. The van der Waals surface area contributed by atoms with Crippen LogP contribution in [0.4, 0.5) is 0 Å². The number of carbonyl (C=O) groups excluding carboxylic acids is 1. The normalized spacial score (nSPS) is 20.5. The molecule has 1 fully saturated rings. The van der Waals surface area contributed by atoms with Gasteiger partial charge in [0, 0.05) is 68.7 Å². The lowest BCUT2D eigenvalue weighted by Crippen LogP contribution is -2.42. The van der Waals surface area contributed by atoms with Gasteiger partial charge in [-0.1, -0.05) is 24.3 Å². The molecule has 33 heavy (non-hydrogen) atoms. The zero-order valence-corrected chi connectivity index (χ0v) is 19.4. The lowest BCUT2D eigenvalue weighted by Gasteiger charge is -2.33. The maximum absolute atomic E-state index is 12.1. The van der Waals surface area contributed by atoms with Crippen LogP contribution >= 0.6 is 0 Å². The molecule has 0 unspecified atom stereocenters. The molecule has 2 N–H and O–H groups in total. The van der Waals surface area contributed by atoms with E-state index >= 15 is 0 Å². The average Bonchev–Trinajstić information content (AvgIpc) is 3.49. The topological polar surface area (TPSA) is 83.2 Å². The fourth-order valence-corrected chi connectivity index (χ4v) is 5.01. The van der Waals surface area contributed by atoms with Crippen molar-refractivity contribution in [3.05, 3.63) is 59.1 Å². The van der Waals surface area contributed by atoms with Gasteiger partial charge in [-0.3, -0.25) is 14.9 Å². The zero-order chi connectivity index (χ0) is 22.9. The number of aryl methyl sites for hydroxylation is 2. The number of hydrogen-bond donors (Lipinski definition) is 2. The number of rotatable bonds is 5. The summed E-state index contributed by atoms with van der Waals surface area (Å²) in [6.45, 7) is 4.24. The SMILES string of the molecule is CC(=O)N1CCC(N[C@H]2CCOC2)=C(C(=N)C2=CCCc3cc(-c4cnn(C)c4)ccc32)C1. The third kappa shape index (κ3) is 4.37. The van der Waals surface area contributed by atoms with Crippen molar-refractivity contribution in [1.82, 2.24) is 20.0 Å². The van der Waals surface area contributed by atoms with Gasteiger partial charge in [0.05, 0.1) is 24.6 Å². The van der Waals surface area contributed by atoms with Crippen LogP contribution in [0.2, 0.25) is 0 Å². The number of benzene rings is 1. The molecule has 7 heteroatoms. The van der Waals surface area contributed by atoms with Crippen LogP contribution < -0.4 is 5.32 Å². The molecule has 3 heterocycles. The molecule has 2 aliphatic heterocycles. The predicted octanol–water partition coefficient (Wildman–Crippen LogP) is 3.32. The van der Waals surface area contributed by atoms with Crippen LogP contribution in [0.3, 0.4) is 0 Å². The summed E-state index contributed by atoms with van der Waals surface area (Å²) in [4.78, 5) is 14.0. The maximum atomic E-state index is 12.1. The van der Waals surface area contributed by atoms with Crippen molar-refractivity contribution in [1.29, 1.82) is 5.41 Å². The molecule has 2 aromatic rings. The third-order valence-electron chi connectivity index (χ3n) is 6.87. The summed E-state index contributed by atoms with van der Waals surface area (Å²) >= 11 is 0. The van der Waals surface area contributed by atoms with E-state index in [2.05, 4.69) is 34.7 Å². The molecule has 1 aromatic carbocycles. The molecule has 0 bridgehead atoms. The van der Waals surface area contributed by atoms with E-state index in [0.717, 1.165) is 65.8 Å². The maximum Gasteiger partial charge on any atom is 0.219 e. The molecule has 172 valence electrons. The third-order valence-corrected chi connectivity index (χ3v) is 6.87. The van der Waals surface area contributed by atoms with Gasteiger partial charge in [-0.25, -0.2) is 0 Å². The number of allylic oxidation sites excluding steroid dienone is 2. The largest absolute Gasteiger partial charge is 0.383 e. The Kier molecular flexibility index (Phi) is 5.89. The first-order valence-electron chi connectivity index (χ1n) is 11.7. The second-order valence-electron chi connectivity index (χ2n) is 9.16. The number of amides is 1. The van der Waals surface area contributed by atoms with Crippen molar-refractivity contribution in [2.45, 2.75) is 38.6 Å². The smallest absolute Gasteiger partial charge is 0.219 e. The molecule has 0 spiro atoms. The van der Waals surface area contributed by atoms with Gasteiger partial charge in [0.1, 0.15) is 0 Å². The number of carbonyl (C=O) groups is 1. The van der Waals surface area contributed by atoms with Gasteiger partial charge in [-0.15, -0.1) is 0 Å².